The molecule has 0 saturated carbocycles. The van der Waals surface area contributed by atoms with E-state index in [2.05, 4.69) is 22.6 Å². The largest absolute Gasteiger partial charge is 0.481 e. The number of rotatable bonds is 4. The number of imidazole rings is 1. The van der Waals surface area contributed by atoms with E-state index in [0.717, 1.165) is 36.2 Å². The smallest absolute Gasteiger partial charge is 0.307 e. The Morgan fingerprint density at radius 1 is 1.43 bits per heavy atom. The van der Waals surface area contributed by atoms with Gasteiger partial charge in [0.1, 0.15) is 11.3 Å². The first kappa shape index (κ1) is 13.8. The maximum absolute atomic E-state index is 11.5. The number of aromatic nitrogens is 3. The molecule has 2 heterocycles. The molecule has 0 aromatic carbocycles. The van der Waals surface area contributed by atoms with Gasteiger partial charge in [0.25, 0.3) is 0 Å². The van der Waals surface area contributed by atoms with Crippen molar-refractivity contribution in [3.05, 3.63) is 36.4 Å². The van der Waals surface area contributed by atoms with Crippen LogP contribution in [0.15, 0.2) is 30.6 Å². The molecule has 0 saturated heterocycles. The first-order valence-electron chi connectivity index (χ1n) is 7.40. The number of carboxylic acids is 1. The maximum Gasteiger partial charge on any atom is 0.307 e. The Morgan fingerprint density at radius 2 is 2.24 bits per heavy atom. The van der Waals surface area contributed by atoms with Crippen molar-refractivity contribution in [3.8, 4) is 0 Å². The minimum absolute atomic E-state index is 0.0635. The summed E-state index contributed by atoms with van der Waals surface area (Å²) >= 11 is 0. The molecule has 2 aromatic rings. The zero-order chi connectivity index (χ0) is 14.8. The monoisotopic (exact) mass is 285 g/mol. The van der Waals surface area contributed by atoms with E-state index in [-0.39, 0.29) is 5.92 Å². The van der Waals surface area contributed by atoms with Gasteiger partial charge in [0.2, 0.25) is 0 Å². The van der Waals surface area contributed by atoms with Crippen LogP contribution in [0.3, 0.4) is 0 Å². The van der Waals surface area contributed by atoms with E-state index in [1.54, 1.807) is 12.4 Å². The summed E-state index contributed by atoms with van der Waals surface area (Å²) in [6, 6.07) is 1.95. The zero-order valence-corrected chi connectivity index (χ0v) is 12.1. The van der Waals surface area contributed by atoms with Crippen molar-refractivity contribution < 1.29 is 9.90 Å². The van der Waals surface area contributed by atoms with E-state index < -0.39 is 11.9 Å². The predicted molar refractivity (Wildman–Crippen MR) is 80.1 cm³/mol. The number of aliphatic carboxylic acids is 1. The molecule has 0 radical (unpaired) electrons. The van der Waals surface area contributed by atoms with E-state index in [9.17, 15) is 9.90 Å². The van der Waals surface area contributed by atoms with E-state index in [4.69, 9.17) is 4.98 Å². The fraction of sp³-hybridized carbons (Fsp3) is 0.438. The number of carbonyl (C=O) groups is 1. The highest BCUT2D eigenvalue weighted by atomic mass is 16.4. The Hall–Kier alpha value is -2.17. The lowest BCUT2D eigenvalue weighted by molar-refractivity contribution is -0.142. The Labute approximate surface area is 123 Å². The molecular formula is C16H19N3O2. The lowest BCUT2D eigenvalue weighted by Crippen LogP contribution is -2.26. The molecule has 0 unspecified atom stereocenters. The van der Waals surface area contributed by atoms with Crippen LogP contribution in [0.25, 0.3) is 11.0 Å². The average molecular weight is 285 g/mol. The van der Waals surface area contributed by atoms with E-state index in [1.807, 2.05) is 12.1 Å². The predicted octanol–water partition coefficient (Wildman–Crippen LogP) is 2.98. The van der Waals surface area contributed by atoms with Gasteiger partial charge in [-0.05, 0) is 25.3 Å². The van der Waals surface area contributed by atoms with Crippen LogP contribution in [0.4, 0.5) is 0 Å². The number of pyridine rings is 1. The van der Waals surface area contributed by atoms with Crippen LogP contribution in [0.1, 0.15) is 37.9 Å². The second kappa shape index (κ2) is 5.68. The lowest BCUT2D eigenvalue weighted by atomic mass is 9.82. The molecule has 0 amide bonds. The highest BCUT2D eigenvalue weighted by molar-refractivity contribution is 5.76. The number of aryl methyl sites for hydroxylation is 1. The number of hydrogen-bond donors (Lipinski definition) is 1. The highest BCUT2D eigenvalue weighted by Crippen LogP contribution is 2.35. The summed E-state index contributed by atoms with van der Waals surface area (Å²) in [5.41, 5.74) is 1.89. The van der Waals surface area contributed by atoms with Crippen LogP contribution in [0, 0.1) is 5.92 Å². The minimum atomic E-state index is -0.738. The van der Waals surface area contributed by atoms with E-state index >= 15 is 0 Å². The lowest BCUT2D eigenvalue weighted by Gasteiger charge is -2.25. The number of fused-ring (bicyclic) bond motifs is 1. The molecule has 1 aliphatic rings. The summed E-state index contributed by atoms with van der Waals surface area (Å²) in [5, 5.41) is 9.48. The van der Waals surface area contributed by atoms with E-state index in [1.165, 1.54) is 0 Å². The molecule has 1 N–H and O–H groups in total. The van der Waals surface area contributed by atoms with E-state index in [0.29, 0.717) is 6.42 Å². The summed E-state index contributed by atoms with van der Waals surface area (Å²) in [4.78, 5) is 20.4. The quantitative estimate of drug-likeness (QED) is 0.877. The van der Waals surface area contributed by atoms with Crippen molar-refractivity contribution in [1.82, 2.24) is 14.5 Å². The Morgan fingerprint density at radius 3 is 3.00 bits per heavy atom. The molecule has 3 rings (SSSR count). The minimum Gasteiger partial charge on any atom is -0.481 e. The van der Waals surface area contributed by atoms with Crippen LogP contribution in [0.2, 0.25) is 0 Å². The van der Waals surface area contributed by atoms with Crippen LogP contribution in [-0.2, 0) is 11.3 Å². The Kier molecular flexibility index (Phi) is 3.73. The first-order valence-corrected chi connectivity index (χ1v) is 7.40. The Bertz CT molecular complexity index is 690. The fourth-order valence-electron chi connectivity index (χ4n) is 3.11. The molecule has 0 fully saturated rings. The molecule has 2 aromatic heterocycles. The fourth-order valence-corrected chi connectivity index (χ4v) is 3.11. The van der Waals surface area contributed by atoms with Crippen LogP contribution in [-0.4, -0.2) is 25.6 Å². The van der Waals surface area contributed by atoms with Crippen molar-refractivity contribution in [3.63, 3.8) is 0 Å². The van der Waals surface area contributed by atoms with Gasteiger partial charge < -0.3 is 9.67 Å². The van der Waals surface area contributed by atoms with Crippen LogP contribution in [0.5, 0.6) is 0 Å². The summed E-state index contributed by atoms with van der Waals surface area (Å²) in [7, 11) is 0. The first-order chi connectivity index (χ1) is 10.2. The number of hydrogen-bond acceptors (Lipinski definition) is 3. The maximum atomic E-state index is 11.5. The number of nitrogens with zero attached hydrogens (tertiary/aromatic N) is 3. The standard InChI is InChI=1S/C16H19N3O2/c1-2-9-19-14-7-8-17-10-13(14)18-15(19)11-5-3-4-6-12(11)16(20)21/h3-4,7-8,10-12H,2,5-6,9H2,1H3,(H,20,21)/t11-,12+/m1/s1. The van der Waals surface area contributed by atoms with Gasteiger partial charge in [-0.15, -0.1) is 0 Å². The van der Waals surface area contributed by atoms with Crippen molar-refractivity contribution >= 4 is 17.0 Å². The van der Waals surface area contributed by atoms with Gasteiger partial charge in [0, 0.05) is 18.7 Å². The Balaban J connectivity index is 2.11. The molecule has 21 heavy (non-hydrogen) atoms. The third kappa shape index (κ3) is 2.44. The summed E-state index contributed by atoms with van der Waals surface area (Å²) in [6.07, 6.45) is 9.84. The van der Waals surface area contributed by atoms with Gasteiger partial charge in [0.15, 0.2) is 0 Å². The second-order valence-corrected chi connectivity index (χ2v) is 5.48. The second-order valence-electron chi connectivity index (χ2n) is 5.48. The summed E-state index contributed by atoms with van der Waals surface area (Å²) in [5.74, 6) is -0.309. The van der Waals surface area contributed by atoms with Gasteiger partial charge >= 0.3 is 5.97 Å². The molecule has 110 valence electrons. The van der Waals surface area contributed by atoms with Crippen molar-refractivity contribution in [1.29, 1.82) is 0 Å². The normalized spacial score (nSPS) is 21.8. The molecule has 5 nitrogen and oxygen atoms in total. The van der Waals surface area contributed by atoms with Crippen LogP contribution < -0.4 is 0 Å². The third-order valence-corrected chi connectivity index (χ3v) is 4.11. The molecule has 0 spiro atoms. The molecule has 1 aliphatic carbocycles. The van der Waals surface area contributed by atoms with Crippen molar-refractivity contribution in [2.45, 2.75) is 38.6 Å². The molecule has 0 bridgehead atoms. The molecule has 5 heteroatoms. The molecule has 0 aliphatic heterocycles. The number of carboxylic acid groups (broad SMARTS) is 1. The van der Waals surface area contributed by atoms with Gasteiger partial charge in [-0.1, -0.05) is 19.1 Å². The highest BCUT2D eigenvalue weighted by Gasteiger charge is 2.33. The number of allylic oxidation sites excluding steroid dienone is 2. The van der Waals surface area contributed by atoms with Crippen LogP contribution >= 0.6 is 0 Å². The van der Waals surface area contributed by atoms with Gasteiger partial charge in [0.05, 0.1) is 17.6 Å². The van der Waals surface area contributed by atoms with Crippen molar-refractivity contribution in [2.75, 3.05) is 0 Å². The SMILES string of the molecule is CCCn1c([C@@H]2CC=CC[C@@H]2C(=O)O)nc2cnccc21. The molecule has 2 atom stereocenters. The average Bonchev–Trinajstić information content (AvgIpc) is 2.86. The topological polar surface area (TPSA) is 68.0 Å². The third-order valence-electron chi connectivity index (χ3n) is 4.11. The van der Waals surface area contributed by atoms with Gasteiger partial charge in [-0.25, -0.2) is 4.98 Å². The molecular weight excluding hydrogens is 266 g/mol. The van der Waals surface area contributed by atoms with Gasteiger partial charge in [-0.2, -0.15) is 0 Å². The van der Waals surface area contributed by atoms with Crippen molar-refractivity contribution in [2.24, 2.45) is 5.92 Å². The van der Waals surface area contributed by atoms with Gasteiger partial charge in [-0.3, -0.25) is 9.78 Å². The zero-order valence-electron chi connectivity index (χ0n) is 12.1. The summed E-state index contributed by atoms with van der Waals surface area (Å²) in [6.45, 7) is 2.97. The summed E-state index contributed by atoms with van der Waals surface area (Å²) < 4.78 is 2.16.